The molecule has 6 heteroatoms. The van der Waals surface area contributed by atoms with Gasteiger partial charge in [0.1, 0.15) is 12.4 Å². The number of carboxylic acid groups (broad SMARTS) is 1. The van der Waals surface area contributed by atoms with Crippen LogP contribution in [0.4, 0.5) is 0 Å². The molecule has 1 saturated heterocycles. The number of rotatable bonds is 7. The number of carbonyl (C=O) groups is 2. The number of ether oxygens (including phenoxy) is 1. The lowest BCUT2D eigenvalue weighted by Crippen LogP contribution is -2.49. The average Bonchev–Trinajstić information content (AvgIpc) is 2.73. The van der Waals surface area contributed by atoms with Gasteiger partial charge in [-0.3, -0.25) is 9.69 Å². The minimum atomic E-state index is -0.979. The Kier molecular flexibility index (Phi) is 6.45. The first-order valence-corrected chi connectivity index (χ1v) is 9.22. The number of piperazine rings is 1. The minimum Gasteiger partial charge on any atom is -0.489 e. The molecule has 6 nitrogen and oxygen atoms in total. The molecule has 0 spiro atoms. The van der Waals surface area contributed by atoms with Gasteiger partial charge in [-0.2, -0.15) is 0 Å². The fourth-order valence-electron chi connectivity index (χ4n) is 3.06. The zero-order chi connectivity index (χ0) is 19.9. The van der Waals surface area contributed by atoms with Gasteiger partial charge < -0.3 is 14.7 Å². The van der Waals surface area contributed by atoms with E-state index in [4.69, 9.17) is 9.84 Å². The zero-order valence-electron chi connectivity index (χ0n) is 15.7. The van der Waals surface area contributed by atoms with Gasteiger partial charge in [0.05, 0.1) is 0 Å². The second-order valence-electron chi connectivity index (χ2n) is 6.78. The Morgan fingerprint density at radius 3 is 2.21 bits per heavy atom. The van der Waals surface area contributed by atoms with Crippen LogP contribution in [0, 0.1) is 0 Å². The first-order chi connectivity index (χ1) is 13.5. The van der Waals surface area contributed by atoms with E-state index in [1.807, 2.05) is 47.4 Å². The van der Waals surface area contributed by atoms with Crippen LogP contribution in [0.1, 0.15) is 15.9 Å². The first-order valence-electron chi connectivity index (χ1n) is 9.22. The summed E-state index contributed by atoms with van der Waals surface area (Å²) in [4.78, 5) is 27.4. The van der Waals surface area contributed by atoms with E-state index in [0.717, 1.165) is 11.3 Å². The van der Waals surface area contributed by atoms with Crippen molar-refractivity contribution in [3.63, 3.8) is 0 Å². The van der Waals surface area contributed by atoms with Crippen molar-refractivity contribution in [1.82, 2.24) is 9.80 Å². The molecule has 2 aromatic rings. The van der Waals surface area contributed by atoms with Gasteiger partial charge in [-0.1, -0.05) is 36.9 Å². The molecule has 3 rings (SSSR count). The Morgan fingerprint density at radius 1 is 0.964 bits per heavy atom. The number of carbonyl (C=O) groups excluding carboxylic acids is 1. The lowest BCUT2D eigenvalue weighted by molar-refractivity contribution is -0.132. The van der Waals surface area contributed by atoms with Crippen LogP contribution >= 0.6 is 0 Å². The summed E-state index contributed by atoms with van der Waals surface area (Å²) < 4.78 is 5.75. The Balaban J connectivity index is 1.49. The fourth-order valence-corrected chi connectivity index (χ4v) is 3.06. The normalized spacial score (nSPS) is 14.5. The number of hydrogen-bond donors (Lipinski definition) is 1. The topological polar surface area (TPSA) is 70.1 Å². The molecule has 1 aliphatic heterocycles. The summed E-state index contributed by atoms with van der Waals surface area (Å²) in [6, 6.07) is 17.1. The summed E-state index contributed by atoms with van der Waals surface area (Å²) in [5.41, 5.74) is 1.88. The second kappa shape index (κ2) is 9.19. The first kappa shape index (κ1) is 19.6. The van der Waals surface area contributed by atoms with Crippen molar-refractivity contribution >= 4 is 11.9 Å². The second-order valence-corrected chi connectivity index (χ2v) is 6.78. The molecule has 2 aromatic carbocycles. The lowest BCUT2D eigenvalue weighted by Gasteiger charge is -2.34. The van der Waals surface area contributed by atoms with Gasteiger partial charge in [-0.15, -0.1) is 0 Å². The van der Waals surface area contributed by atoms with Crippen LogP contribution < -0.4 is 4.74 Å². The molecule has 0 unspecified atom stereocenters. The van der Waals surface area contributed by atoms with Gasteiger partial charge in [-0.05, 0) is 29.8 Å². The maximum Gasteiger partial charge on any atom is 0.332 e. The van der Waals surface area contributed by atoms with Gasteiger partial charge in [0, 0.05) is 43.9 Å². The maximum absolute atomic E-state index is 12.7. The monoisotopic (exact) mass is 380 g/mol. The van der Waals surface area contributed by atoms with E-state index in [1.165, 1.54) is 0 Å². The van der Waals surface area contributed by atoms with E-state index in [-0.39, 0.29) is 11.5 Å². The van der Waals surface area contributed by atoms with Crippen LogP contribution in [-0.2, 0) is 11.4 Å². The van der Waals surface area contributed by atoms with E-state index in [1.54, 1.807) is 17.0 Å². The molecule has 1 heterocycles. The van der Waals surface area contributed by atoms with Gasteiger partial charge in [-0.25, -0.2) is 4.79 Å². The number of amides is 1. The molecule has 0 aromatic heterocycles. The largest absolute Gasteiger partial charge is 0.489 e. The molecule has 0 radical (unpaired) electrons. The Labute approximate surface area is 164 Å². The summed E-state index contributed by atoms with van der Waals surface area (Å²) in [6.07, 6.45) is 0. The average molecular weight is 380 g/mol. The minimum absolute atomic E-state index is 0.0219. The predicted octanol–water partition coefficient (Wildman–Crippen LogP) is 2.66. The maximum atomic E-state index is 12.7. The Hall–Kier alpha value is -3.12. The molecule has 1 amide bonds. The summed E-state index contributed by atoms with van der Waals surface area (Å²) in [6.45, 7) is 6.77. The molecule has 28 heavy (non-hydrogen) atoms. The molecule has 0 aliphatic carbocycles. The molecule has 1 N–H and O–H groups in total. The third-order valence-electron chi connectivity index (χ3n) is 4.73. The predicted molar refractivity (Wildman–Crippen MR) is 106 cm³/mol. The highest BCUT2D eigenvalue weighted by Gasteiger charge is 2.23. The smallest absolute Gasteiger partial charge is 0.332 e. The molecule has 0 saturated carbocycles. The Bertz CT molecular complexity index is 825. The van der Waals surface area contributed by atoms with Crippen molar-refractivity contribution in [2.45, 2.75) is 6.61 Å². The molecular weight excluding hydrogens is 356 g/mol. The fraction of sp³-hybridized carbons (Fsp3) is 0.273. The van der Waals surface area contributed by atoms with E-state index in [2.05, 4.69) is 6.58 Å². The van der Waals surface area contributed by atoms with E-state index in [0.29, 0.717) is 44.9 Å². The van der Waals surface area contributed by atoms with Crippen molar-refractivity contribution in [3.8, 4) is 5.75 Å². The Morgan fingerprint density at radius 2 is 1.61 bits per heavy atom. The quantitative estimate of drug-likeness (QED) is 0.748. The van der Waals surface area contributed by atoms with Gasteiger partial charge >= 0.3 is 5.97 Å². The number of nitrogens with zero attached hydrogens (tertiary/aromatic N) is 2. The highest BCUT2D eigenvalue weighted by molar-refractivity contribution is 5.94. The number of carboxylic acids is 1. The summed E-state index contributed by atoms with van der Waals surface area (Å²) in [5, 5.41) is 8.93. The van der Waals surface area contributed by atoms with Crippen LogP contribution in [0.3, 0.4) is 0 Å². The van der Waals surface area contributed by atoms with E-state index < -0.39 is 5.97 Å². The molecular formula is C22H24N2O4. The van der Waals surface area contributed by atoms with Crippen molar-refractivity contribution in [2.24, 2.45) is 0 Å². The summed E-state index contributed by atoms with van der Waals surface area (Å²) >= 11 is 0. The van der Waals surface area contributed by atoms with Crippen molar-refractivity contribution in [1.29, 1.82) is 0 Å². The van der Waals surface area contributed by atoms with Crippen molar-refractivity contribution in [2.75, 3.05) is 32.7 Å². The number of aliphatic carboxylic acids is 1. The lowest BCUT2D eigenvalue weighted by atomic mass is 10.1. The molecule has 0 atom stereocenters. The van der Waals surface area contributed by atoms with Crippen LogP contribution in [-0.4, -0.2) is 59.5 Å². The third-order valence-corrected chi connectivity index (χ3v) is 4.73. The third kappa shape index (κ3) is 5.20. The molecule has 1 aliphatic rings. The van der Waals surface area contributed by atoms with Crippen molar-refractivity contribution in [3.05, 3.63) is 77.9 Å². The van der Waals surface area contributed by atoms with Gasteiger partial charge in [0.2, 0.25) is 0 Å². The van der Waals surface area contributed by atoms with Crippen molar-refractivity contribution < 1.29 is 19.4 Å². The molecule has 1 fully saturated rings. The zero-order valence-corrected chi connectivity index (χ0v) is 15.7. The van der Waals surface area contributed by atoms with Crippen LogP contribution in [0.2, 0.25) is 0 Å². The SMILES string of the molecule is C=C(CN1CCN(C(=O)c2ccc(OCc3ccccc3)cc2)CC1)C(=O)O. The van der Waals surface area contributed by atoms with E-state index >= 15 is 0 Å². The standard InChI is InChI=1S/C22H24N2O4/c1-17(22(26)27)15-23-11-13-24(14-12-23)21(25)19-7-9-20(10-8-19)28-16-18-5-3-2-4-6-18/h2-10H,1,11-16H2,(H,26,27). The molecule has 0 bridgehead atoms. The summed E-state index contributed by atoms with van der Waals surface area (Å²) in [5.74, 6) is -0.281. The van der Waals surface area contributed by atoms with Crippen LogP contribution in [0.5, 0.6) is 5.75 Å². The molecule has 146 valence electrons. The number of benzene rings is 2. The van der Waals surface area contributed by atoms with Gasteiger partial charge in [0.15, 0.2) is 0 Å². The van der Waals surface area contributed by atoms with Crippen LogP contribution in [0.15, 0.2) is 66.7 Å². The van der Waals surface area contributed by atoms with E-state index in [9.17, 15) is 9.59 Å². The van der Waals surface area contributed by atoms with Crippen LogP contribution in [0.25, 0.3) is 0 Å². The summed E-state index contributed by atoms with van der Waals surface area (Å²) in [7, 11) is 0. The number of hydrogen-bond acceptors (Lipinski definition) is 4. The van der Waals surface area contributed by atoms with Gasteiger partial charge in [0.25, 0.3) is 5.91 Å². The highest BCUT2D eigenvalue weighted by atomic mass is 16.5. The highest BCUT2D eigenvalue weighted by Crippen LogP contribution is 2.16.